The van der Waals surface area contributed by atoms with Crippen molar-refractivity contribution in [1.82, 2.24) is 9.55 Å². The molecule has 1 aromatic rings. The molecule has 3 nitrogen and oxygen atoms in total. The molecule has 0 aliphatic carbocycles. The maximum atomic E-state index is 6.19. The summed E-state index contributed by atoms with van der Waals surface area (Å²) in [5.74, 6) is 2.66. The minimum absolute atomic E-state index is 0.252. The first-order valence-electron chi connectivity index (χ1n) is 6.23. The highest BCUT2D eigenvalue weighted by molar-refractivity contribution is 5.40. The summed E-state index contributed by atoms with van der Waals surface area (Å²) < 4.78 is 2.22. The summed E-state index contributed by atoms with van der Waals surface area (Å²) in [6, 6.07) is 0. The van der Waals surface area contributed by atoms with E-state index < -0.39 is 0 Å². The monoisotopic (exact) mass is 221 g/mol. The fourth-order valence-corrected chi connectivity index (χ4v) is 2.46. The number of anilines is 1. The molecule has 1 aliphatic rings. The van der Waals surface area contributed by atoms with E-state index in [4.69, 9.17) is 10.7 Å². The van der Waals surface area contributed by atoms with Crippen LogP contribution in [0.1, 0.15) is 58.0 Å². The number of fused-ring (bicyclic) bond motifs is 1. The van der Waals surface area contributed by atoms with Crippen molar-refractivity contribution in [2.75, 3.05) is 5.73 Å². The predicted molar refractivity (Wildman–Crippen MR) is 67.4 cm³/mol. The second kappa shape index (κ2) is 3.79. The normalized spacial score (nSPS) is 20.9. The molecule has 2 N–H and O–H groups in total. The Bertz CT molecular complexity index is 385. The van der Waals surface area contributed by atoms with Gasteiger partial charge in [0.25, 0.3) is 0 Å². The zero-order valence-corrected chi connectivity index (χ0v) is 10.9. The van der Waals surface area contributed by atoms with Gasteiger partial charge < -0.3 is 10.3 Å². The molecule has 16 heavy (non-hydrogen) atoms. The van der Waals surface area contributed by atoms with Crippen LogP contribution < -0.4 is 5.73 Å². The number of imidazole rings is 1. The summed E-state index contributed by atoms with van der Waals surface area (Å²) >= 11 is 0. The van der Waals surface area contributed by atoms with E-state index in [0.29, 0.717) is 5.92 Å². The molecular formula is C13H23N3. The SMILES string of the molecule is CC1CCCn2c1nc(CC(C)(C)C)c2N. The number of rotatable bonds is 1. The molecule has 0 spiro atoms. The standard InChI is InChI=1S/C13H23N3/c1-9-6-5-7-16-11(14)10(15-12(9)16)8-13(2,3)4/h9H,5-8,14H2,1-4H3. The number of hydrogen-bond donors (Lipinski definition) is 1. The Morgan fingerprint density at radius 2 is 2.12 bits per heavy atom. The van der Waals surface area contributed by atoms with Gasteiger partial charge in [0.2, 0.25) is 0 Å². The lowest BCUT2D eigenvalue weighted by Gasteiger charge is -2.20. The van der Waals surface area contributed by atoms with Crippen LogP contribution in [-0.2, 0) is 13.0 Å². The van der Waals surface area contributed by atoms with Crippen molar-refractivity contribution >= 4 is 5.82 Å². The molecule has 0 bridgehead atoms. The quantitative estimate of drug-likeness (QED) is 0.792. The smallest absolute Gasteiger partial charge is 0.126 e. The zero-order chi connectivity index (χ0) is 11.9. The van der Waals surface area contributed by atoms with Gasteiger partial charge in [-0.25, -0.2) is 4.98 Å². The van der Waals surface area contributed by atoms with E-state index >= 15 is 0 Å². The Hall–Kier alpha value is -0.990. The number of nitrogens with two attached hydrogens (primary N) is 1. The van der Waals surface area contributed by atoms with Gasteiger partial charge in [0.05, 0.1) is 5.69 Å². The lowest BCUT2D eigenvalue weighted by molar-refractivity contribution is 0.407. The molecule has 90 valence electrons. The molecule has 1 aliphatic heterocycles. The minimum atomic E-state index is 0.252. The summed E-state index contributed by atoms with van der Waals surface area (Å²) in [6.07, 6.45) is 3.43. The first kappa shape index (κ1) is 11.5. The van der Waals surface area contributed by atoms with Crippen LogP contribution in [-0.4, -0.2) is 9.55 Å². The van der Waals surface area contributed by atoms with Crippen molar-refractivity contribution in [2.45, 2.75) is 59.4 Å². The molecule has 0 saturated carbocycles. The number of hydrogen-bond acceptors (Lipinski definition) is 2. The first-order valence-corrected chi connectivity index (χ1v) is 6.23. The molecule has 0 radical (unpaired) electrons. The molecule has 1 aromatic heterocycles. The maximum absolute atomic E-state index is 6.19. The van der Waals surface area contributed by atoms with Crippen molar-refractivity contribution in [3.8, 4) is 0 Å². The predicted octanol–water partition coefficient (Wildman–Crippen LogP) is 2.95. The first-order chi connectivity index (χ1) is 7.38. The average Bonchev–Trinajstić information content (AvgIpc) is 2.44. The average molecular weight is 221 g/mol. The Morgan fingerprint density at radius 3 is 2.69 bits per heavy atom. The second-order valence-electron chi connectivity index (χ2n) is 6.23. The molecule has 0 fully saturated rings. The van der Waals surface area contributed by atoms with Crippen molar-refractivity contribution in [3.05, 3.63) is 11.5 Å². The van der Waals surface area contributed by atoms with Crippen LogP contribution in [0.2, 0.25) is 0 Å². The summed E-state index contributed by atoms with van der Waals surface area (Å²) in [5, 5.41) is 0. The van der Waals surface area contributed by atoms with Crippen LogP contribution in [0, 0.1) is 5.41 Å². The number of nitrogen functional groups attached to an aromatic ring is 1. The topological polar surface area (TPSA) is 43.8 Å². The molecule has 1 unspecified atom stereocenters. The summed E-state index contributed by atoms with van der Waals surface area (Å²) in [6.45, 7) is 9.98. The molecule has 1 atom stereocenters. The fourth-order valence-electron chi connectivity index (χ4n) is 2.46. The number of aromatic nitrogens is 2. The van der Waals surface area contributed by atoms with E-state index in [-0.39, 0.29) is 5.41 Å². The van der Waals surface area contributed by atoms with Gasteiger partial charge in [-0.3, -0.25) is 0 Å². The van der Waals surface area contributed by atoms with Crippen LogP contribution >= 0.6 is 0 Å². The van der Waals surface area contributed by atoms with Gasteiger partial charge in [0, 0.05) is 12.5 Å². The highest BCUT2D eigenvalue weighted by atomic mass is 15.2. The van der Waals surface area contributed by atoms with Crippen molar-refractivity contribution in [3.63, 3.8) is 0 Å². The van der Waals surface area contributed by atoms with Gasteiger partial charge >= 0.3 is 0 Å². The molecular weight excluding hydrogens is 198 g/mol. The second-order valence-corrected chi connectivity index (χ2v) is 6.23. The third-order valence-corrected chi connectivity index (χ3v) is 3.27. The zero-order valence-electron chi connectivity index (χ0n) is 10.9. The van der Waals surface area contributed by atoms with E-state index in [1.54, 1.807) is 0 Å². The third kappa shape index (κ3) is 2.08. The highest BCUT2D eigenvalue weighted by Crippen LogP contribution is 2.32. The van der Waals surface area contributed by atoms with Crippen molar-refractivity contribution in [1.29, 1.82) is 0 Å². The lowest BCUT2D eigenvalue weighted by Crippen LogP contribution is -2.15. The lowest BCUT2D eigenvalue weighted by atomic mass is 9.90. The Labute approximate surface area is 98.1 Å². The largest absolute Gasteiger partial charge is 0.384 e. The van der Waals surface area contributed by atoms with Gasteiger partial charge in [-0.15, -0.1) is 0 Å². The van der Waals surface area contributed by atoms with Crippen LogP contribution in [0.5, 0.6) is 0 Å². The Morgan fingerprint density at radius 1 is 1.44 bits per heavy atom. The van der Waals surface area contributed by atoms with Gasteiger partial charge in [0.1, 0.15) is 11.6 Å². The van der Waals surface area contributed by atoms with E-state index in [0.717, 1.165) is 24.5 Å². The summed E-state index contributed by atoms with van der Waals surface area (Å²) in [7, 11) is 0. The van der Waals surface area contributed by atoms with Crippen LogP contribution in [0.25, 0.3) is 0 Å². The van der Waals surface area contributed by atoms with E-state index in [1.807, 2.05) is 0 Å². The summed E-state index contributed by atoms with van der Waals surface area (Å²) in [5.41, 5.74) is 7.54. The summed E-state index contributed by atoms with van der Waals surface area (Å²) in [4.78, 5) is 4.75. The van der Waals surface area contributed by atoms with Gasteiger partial charge in [0.15, 0.2) is 0 Å². The van der Waals surface area contributed by atoms with E-state index in [9.17, 15) is 0 Å². The molecule has 2 heterocycles. The minimum Gasteiger partial charge on any atom is -0.384 e. The number of nitrogens with zero attached hydrogens (tertiary/aromatic N) is 2. The molecule has 0 aromatic carbocycles. The van der Waals surface area contributed by atoms with Crippen molar-refractivity contribution < 1.29 is 0 Å². The van der Waals surface area contributed by atoms with Crippen LogP contribution in [0.4, 0.5) is 5.82 Å². The van der Waals surface area contributed by atoms with E-state index in [1.165, 1.54) is 18.7 Å². The highest BCUT2D eigenvalue weighted by Gasteiger charge is 2.25. The Kier molecular flexibility index (Phi) is 2.72. The third-order valence-electron chi connectivity index (χ3n) is 3.27. The molecule has 0 amide bonds. The van der Waals surface area contributed by atoms with Gasteiger partial charge in [-0.05, 0) is 24.7 Å². The maximum Gasteiger partial charge on any atom is 0.126 e. The van der Waals surface area contributed by atoms with Crippen LogP contribution in [0.3, 0.4) is 0 Å². The van der Waals surface area contributed by atoms with Gasteiger partial charge in [-0.1, -0.05) is 27.7 Å². The molecule has 0 saturated heterocycles. The molecule has 2 rings (SSSR count). The van der Waals surface area contributed by atoms with Gasteiger partial charge in [-0.2, -0.15) is 0 Å². The van der Waals surface area contributed by atoms with E-state index in [2.05, 4.69) is 32.3 Å². The Balaban J connectivity index is 2.35. The van der Waals surface area contributed by atoms with Crippen LogP contribution in [0.15, 0.2) is 0 Å². The fraction of sp³-hybridized carbons (Fsp3) is 0.769. The molecule has 3 heteroatoms. The van der Waals surface area contributed by atoms with Crippen molar-refractivity contribution in [2.24, 2.45) is 5.41 Å².